The van der Waals surface area contributed by atoms with Gasteiger partial charge in [0, 0.05) is 24.7 Å². The number of aromatic carboxylic acids is 1. The Balaban J connectivity index is 2.61. The topological polar surface area (TPSA) is 88.2 Å². The van der Waals surface area contributed by atoms with Crippen LogP contribution in [0, 0.1) is 0 Å². The van der Waals surface area contributed by atoms with Crippen LogP contribution in [0.25, 0.3) is 10.9 Å². The second-order valence-electron chi connectivity index (χ2n) is 3.58. The molecule has 0 saturated heterocycles. The van der Waals surface area contributed by atoms with Crippen LogP contribution < -0.4 is 11.1 Å². The molecule has 0 fully saturated rings. The van der Waals surface area contributed by atoms with Crippen molar-refractivity contribution in [3.63, 3.8) is 0 Å². The first-order valence-corrected chi connectivity index (χ1v) is 5.29. The molecular weight excluding hydrogens is 218 g/mol. The van der Waals surface area contributed by atoms with Gasteiger partial charge in [0.2, 0.25) is 0 Å². The van der Waals surface area contributed by atoms with Gasteiger partial charge in [-0.1, -0.05) is 18.2 Å². The maximum atomic E-state index is 11.1. The van der Waals surface area contributed by atoms with Gasteiger partial charge in [-0.15, -0.1) is 0 Å². The van der Waals surface area contributed by atoms with Crippen LogP contribution in [0.1, 0.15) is 10.4 Å². The van der Waals surface area contributed by atoms with Crippen molar-refractivity contribution >= 4 is 22.6 Å². The summed E-state index contributed by atoms with van der Waals surface area (Å²) in [6, 6.07) is 7.40. The van der Waals surface area contributed by atoms with E-state index < -0.39 is 5.97 Å². The molecule has 0 aliphatic carbocycles. The van der Waals surface area contributed by atoms with Crippen LogP contribution in [0.2, 0.25) is 0 Å². The first-order valence-electron chi connectivity index (χ1n) is 5.29. The number of carboxylic acid groups (broad SMARTS) is 1. The summed E-state index contributed by atoms with van der Waals surface area (Å²) in [6.45, 7) is 0.962. The van der Waals surface area contributed by atoms with E-state index in [1.54, 1.807) is 0 Å². The molecule has 2 aromatic rings. The highest BCUT2D eigenvalue weighted by molar-refractivity contribution is 6.04. The van der Waals surface area contributed by atoms with E-state index in [0.29, 0.717) is 18.8 Å². The van der Waals surface area contributed by atoms with Crippen LogP contribution in [0.5, 0.6) is 0 Å². The lowest BCUT2D eigenvalue weighted by molar-refractivity contribution is 0.0697. The maximum Gasteiger partial charge on any atom is 0.339 e. The molecule has 0 spiro atoms. The Kier molecular flexibility index (Phi) is 3.20. The van der Waals surface area contributed by atoms with Gasteiger partial charge in [0.1, 0.15) is 5.56 Å². The third-order valence-corrected chi connectivity index (χ3v) is 2.45. The number of hydrogen-bond acceptors (Lipinski definition) is 4. The van der Waals surface area contributed by atoms with Gasteiger partial charge in [-0.05, 0) is 6.07 Å². The van der Waals surface area contributed by atoms with Crippen molar-refractivity contribution < 1.29 is 9.90 Å². The maximum absolute atomic E-state index is 11.1. The largest absolute Gasteiger partial charge is 0.478 e. The summed E-state index contributed by atoms with van der Waals surface area (Å²) < 4.78 is 0. The number of hydrogen-bond donors (Lipinski definition) is 3. The van der Waals surface area contributed by atoms with Crippen molar-refractivity contribution in [2.75, 3.05) is 18.4 Å². The van der Waals surface area contributed by atoms with E-state index in [1.807, 2.05) is 24.3 Å². The zero-order valence-electron chi connectivity index (χ0n) is 9.18. The molecule has 0 radical (unpaired) electrons. The predicted molar refractivity (Wildman–Crippen MR) is 66.2 cm³/mol. The summed E-state index contributed by atoms with van der Waals surface area (Å²) in [4.78, 5) is 15.2. The zero-order chi connectivity index (χ0) is 12.3. The van der Waals surface area contributed by atoms with E-state index in [0.717, 1.165) is 10.9 Å². The van der Waals surface area contributed by atoms with Gasteiger partial charge in [-0.25, -0.2) is 4.79 Å². The highest BCUT2D eigenvalue weighted by atomic mass is 16.4. The predicted octanol–water partition coefficient (Wildman–Crippen LogP) is 1.30. The van der Waals surface area contributed by atoms with E-state index in [-0.39, 0.29) is 5.56 Å². The Bertz CT molecular complexity index is 554. The minimum absolute atomic E-state index is 0.164. The number of para-hydroxylation sites is 1. The molecule has 0 atom stereocenters. The molecule has 0 saturated carbocycles. The van der Waals surface area contributed by atoms with Crippen LogP contribution in [-0.2, 0) is 0 Å². The summed E-state index contributed by atoms with van der Waals surface area (Å²) in [5.74, 6) is -0.997. The smallest absolute Gasteiger partial charge is 0.339 e. The van der Waals surface area contributed by atoms with Crippen molar-refractivity contribution in [1.29, 1.82) is 0 Å². The third-order valence-electron chi connectivity index (χ3n) is 2.45. The number of nitrogens with two attached hydrogens (primary N) is 1. The van der Waals surface area contributed by atoms with Gasteiger partial charge < -0.3 is 16.2 Å². The number of carboxylic acids is 1. The van der Waals surface area contributed by atoms with Gasteiger partial charge >= 0.3 is 5.97 Å². The quantitative estimate of drug-likeness (QED) is 0.738. The van der Waals surface area contributed by atoms with Crippen molar-refractivity contribution in [2.24, 2.45) is 5.73 Å². The average molecular weight is 231 g/mol. The normalized spacial score (nSPS) is 10.4. The lowest BCUT2D eigenvalue weighted by atomic mass is 10.1. The van der Waals surface area contributed by atoms with Crippen LogP contribution in [0.15, 0.2) is 30.5 Å². The van der Waals surface area contributed by atoms with Gasteiger partial charge in [0.05, 0.1) is 11.2 Å². The summed E-state index contributed by atoms with van der Waals surface area (Å²) >= 11 is 0. The Labute approximate surface area is 98.3 Å². The molecule has 0 unspecified atom stereocenters. The van der Waals surface area contributed by atoms with Crippen molar-refractivity contribution in [3.05, 3.63) is 36.0 Å². The van der Waals surface area contributed by atoms with Crippen molar-refractivity contribution in [3.8, 4) is 0 Å². The molecule has 4 N–H and O–H groups in total. The summed E-state index contributed by atoms with van der Waals surface area (Å²) in [7, 11) is 0. The Morgan fingerprint density at radius 1 is 1.41 bits per heavy atom. The number of carbonyl (C=O) groups is 1. The minimum Gasteiger partial charge on any atom is -0.478 e. The average Bonchev–Trinajstić information content (AvgIpc) is 2.35. The first kappa shape index (κ1) is 11.3. The molecule has 5 nitrogen and oxygen atoms in total. The van der Waals surface area contributed by atoms with E-state index in [2.05, 4.69) is 10.3 Å². The zero-order valence-corrected chi connectivity index (χ0v) is 9.18. The molecule has 0 aliphatic heterocycles. The number of anilines is 1. The second kappa shape index (κ2) is 4.80. The third kappa shape index (κ3) is 2.19. The van der Waals surface area contributed by atoms with E-state index in [1.165, 1.54) is 6.20 Å². The molecule has 17 heavy (non-hydrogen) atoms. The fourth-order valence-corrected chi connectivity index (χ4v) is 1.69. The highest BCUT2D eigenvalue weighted by Crippen LogP contribution is 2.25. The van der Waals surface area contributed by atoms with Gasteiger partial charge in [-0.3, -0.25) is 4.98 Å². The Morgan fingerprint density at radius 3 is 2.88 bits per heavy atom. The number of fused-ring (bicyclic) bond motifs is 1. The summed E-state index contributed by atoms with van der Waals surface area (Å²) in [5.41, 5.74) is 6.92. The number of nitrogens with zero attached hydrogens (tertiary/aromatic N) is 1. The van der Waals surface area contributed by atoms with Crippen LogP contribution in [0.4, 0.5) is 5.69 Å². The standard InChI is InChI=1S/C12H13N3O2/c13-5-6-14-11-8-3-1-2-4-10(8)15-7-9(11)12(16)17/h1-4,7H,5-6,13H2,(H,14,15)(H,16,17). The lowest BCUT2D eigenvalue weighted by Crippen LogP contribution is -2.15. The SMILES string of the molecule is NCCNc1c(C(=O)O)cnc2ccccc12. The molecule has 0 aliphatic rings. The molecule has 1 aromatic carbocycles. The van der Waals surface area contributed by atoms with Crippen LogP contribution in [0.3, 0.4) is 0 Å². The highest BCUT2D eigenvalue weighted by Gasteiger charge is 2.13. The minimum atomic E-state index is -0.997. The van der Waals surface area contributed by atoms with E-state index >= 15 is 0 Å². The number of nitrogens with one attached hydrogen (secondary N) is 1. The molecule has 0 amide bonds. The van der Waals surface area contributed by atoms with Crippen LogP contribution >= 0.6 is 0 Å². The molecule has 0 bridgehead atoms. The van der Waals surface area contributed by atoms with Crippen molar-refractivity contribution in [1.82, 2.24) is 4.98 Å². The molecular formula is C12H13N3O2. The molecule has 88 valence electrons. The fraction of sp³-hybridized carbons (Fsp3) is 0.167. The van der Waals surface area contributed by atoms with Gasteiger partial charge in [0.25, 0.3) is 0 Å². The van der Waals surface area contributed by atoms with E-state index in [9.17, 15) is 4.79 Å². The Hall–Kier alpha value is -2.14. The number of benzene rings is 1. The fourth-order valence-electron chi connectivity index (χ4n) is 1.69. The monoisotopic (exact) mass is 231 g/mol. The summed E-state index contributed by atoms with van der Waals surface area (Å²) in [5, 5.41) is 12.9. The van der Waals surface area contributed by atoms with Crippen LogP contribution in [-0.4, -0.2) is 29.1 Å². The lowest BCUT2D eigenvalue weighted by Gasteiger charge is -2.11. The number of pyridine rings is 1. The second-order valence-corrected chi connectivity index (χ2v) is 3.58. The van der Waals surface area contributed by atoms with Crippen molar-refractivity contribution in [2.45, 2.75) is 0 Å². The number of aromatic nitrogens is 1. The summed E-state index contributed by atoms with van der Waals surface area (Å²) in [6.07, 6.45) is 1.36. The molecule has 1 heterocycles. The Morgan fingerprint density at radius 2 is 2.18 bits per heavy atom. The molecule has 5 heteroatoms. The van der Waals surface area contributed by atoms with Gasteiger partial charge in [0.15, 0.2) is 0 Å². The van der Waals surface area contributed by atoms with E-state index in [4.69, 9.17) is 10.8 Å². The number of rotatable bonds is 4. The first-order chi connectivity index (χ1) is 8.24. The molecule has 1 aromatic heterocycles. The molecule has 2 rings (SSSR count). The van der Waals surface area contributed by atoms with Gasteiger partial charge in [-0.2, -0.15) is 0 Å².